The number of ether oxygens (including phenoxy) is 1. The number of anilines is 1. The summed E-state index contributed by atoms with van der Waals surface area (Å²) >= 11 is 0. The molecule has 0 aliphatic carbocycles. The highest BCUT2D eigenvalue weighted by molar-refractivity contribution is 5.92. The fourth-order valence-corrected chi connectivity index (χ4v) is 1.50. The van der Waals surface area contributed by atoms with Crippen molar-refractivity contribution in [2.24, 2.45) is 0 Å². The van der Waals surface area contributed by atoms with E-state index in [2.05, 4.69) is 0 Å². The molecule has 0 radical (unpaired) electrons. The van der Waals surface area contributed by atoms with Crippen molar-refractivity contribution in [2.45, 2.75) is 0 Å². The Labute approximate surface area is 81.7 Å². The lowest BCUT2D eigenvalue weighted by Crippen LogP contribution is -1.89. The Morgan fingerprint density at radius 2 is 2.00 bits per heavy atom. The average molecular weight is 189 g/mol. The first-order valence-corrected chi connectivity index (χ1v) is 4.27. The fraction of sp³-hybridized carbons (Fsp3) is 0.0909. The van der Waals surface area contributed by atoms with Crippen molar-refractivity contribution in [3.8, 4) is 11.5 Å². The molecule has 0 atom stereocenters. The van der Waals surface area contributed by atoms with Gasteiger partial charge in [-0.2, -0.15) is 0 Å². The fourth-order valence-electron chi connectivity index (χ4n) is 1.50. The zero-order chi connectivity index (χ0) is 10.1. The van der Waals surface area contributed by atoms with Crippen LogP contribution < -0.4 is 10.5 Å². The maximum absolute atomic E-state index is 9.33. The van der Waals surface area contributed by atoms with E-state index in [-0.39, 0.29) is 5.75 Å². The van der Waals surface area contributed by atoms with Gasteiger partial charge in [-0.3, -0.25) is 0 Å². The van der Waals surface area contributed by atoms with E-state index in [0.29, 0.717) is 11.4 Å². The Kier molecular flexibility index (Phi) is 1.93. The third-order valence-electron chi connectivity index (χ3n) is 2.14. The van der Waals surface area contributed by atoms with Crippen LogP contribution in [0.15, 0.2) is 30.3 Å². The maximum Gasteiger partial charge on any atom is 0.128 e. The van der Waals surface area contributed by atoms with E-state index in [1.54, 1.807) is 25.3 Å². The summed E-state index contributed by atoms with van der Waals surface area (Å²) in [6.07, 6.45) is 0. The van der Waals surface area contributed by atoms with E-state index in [1.807, 2.05) is 12.1 Å². The summed E-state index contributed by atoms with van der Waals surface area (Å²) in [5.74, 6) is 0.900. The van der Waals surface area contributed by atoms with Crippen LogP contribution in [-0.2, 0) is 0 Å². The molecule has 0 bridgehead atoms. The molecule has 3 N–H and O–H groups in total. The summed E-state index contributed by atoms with van der Waals surface area (Å²) in [5.41, 5.74) is 6.35. The molecule has 0 aliphatic rings. The van der Waals surface area contributed by atoms with Crippen molar-refractivity contribution in [3.63, 3.8) is 0 Å². The van der Waals surface area contributed by atoms with Gasteiger partial charge in [-0.1, -0.05) is 6.07 Å². The molecule has 14 heavy (non-hydrogen) atoms. The summed E-state index contributed by atoms with van der Waals surface area (Å²) in [5, 5.41) is 11.2. The molecule has 0 amide bonds. The maximum atomic E-state index is 9.33. The number of fused-ring (bicyclic) bond motifs is 1. The van der Waals surface area contributed by atoms with Gasteiger partial charge in [0.25, 0.3) is 0 Å². The SMILES string of the molecule is COc1cc(N)cc2ccc(O)cc12. The Balaban J connectivity index is 2.81. The monoisotopic (exact) mass is 189 g/mol. The predicted octanol–water partition coefficient (Wildman–Crippen LogP) is 2.14. The number of aromatic hydroxyl groups is 1. The molecule has 2 rings (SSSR count). The van der Waals surface area contributed by atoms with Crippen LogP contribution in [0.4, 0.5) is 5.69 Å². The highest BCUT2D eigenvalue weighted by Gasteiger charge is 2.03. The van der Waals surface area contributed by atoms with Gasteiger partial charge in [0.15, 0.2) is 0 Å². The smallest absolute Gasteiger partial charge is 0.128 e. The summed E-state index contributed by atoms with van der Waals surface area (Å²) in [7, 11) is 1.58. The van der Waals surface area contributed by atoms with Gasteiger partial charge in [0, 0.05) is 17.1 Å². The van der Waals surface area contributed by atoms with Crippen LogP contribution in [0.5, 0.6) is 11.5 Å². The van der Waals surface area contributed by atoms with E-state index in [1.165, 1.54) is 0 Å². The quantitative estimate of drug-likeness (QED) is 0.676. The summed E-state index contributed by atoms with van der Waals surface area (Å²) in [4.78, 5) is 0. The number of hydrogen-bond acceptors (Lipinski definition) is 3. The number of hydrogen-bond donors (Lipinski definition) is 2. The first-order valence-electron chi connectivity index (χ1n) is 4.27. The highest BCUT2D eigenvalue weighted by atomic mass is 16.5. The number of nitrogens with two attached hydrogens (primary N) is 1. The zero-order valence-corrected chi connectivity index (χ0v) is 7.82. The van der Waals surface area contributed by atoms with Crippen molar-refractivity contribution >= 4 is 16.5 Å². The van der Waals surface area contributed by atoms with Gasteiger partial charge < -0.3 is 15.6 Å². The molecule has 0 heterocycles. The lowest BCUT2D eigenvalue weighted by Gasteiger charge is -2.07. The van der Waals surface area contributed by atoms with Crippen molar-refractivity contribution < 1.29 is 9.84 Å². The van der Waals surface area contributed by atoms with Crippen LogP contribution in [-0.4, -0.2) is 12.2 Å². The van der Waals surface area contributed by atoms with Crippen molar-refractivity contribution in [2.75, 3.05) is 12.8 Å². The van der Waals surface area contributed by atoms with Gasteiger partial charge in [0.1, 0.15) is 11.5 Å². The summed E-state index contributed by atoms with van der Waals surface area (Å²) < 4.78 is 5.17. The standard InChI is InChI=1S/C11H11NO2/c1-14-11-5-8(12)4-7-2-3-9(13)6-10(7)11/h2-6,13H,12H2,1H3. The Morgan fingerprint density at radius 1 is 1.21 bits per heavy atom. The molecule has 3 heteroatoms. The van der Waals surface area contributed by atoms with E-state index in [0.717, 1.165) is 10.8 Å². The molecule has 0 aromatic heterocycles. The molecule has 0 unspecified atom stereocenters. The summed E-state index contributed by atoms with van der Waals surface area (Å²) in [6, 6.07) is 8.68. The molecule has 0 fully saturated rings. The number of methoxy groups -OCH3 is 1. The molecule has 0 aliphatic heterocycles. The van der Waals surface area contributed by atoms with Gasteiger partial charge in [-0.25, -0.2) is 0 Å². The first-order chi connectivity index (χ1) is 6.70. The van der Waals surface area contributed by atoms with Gasteiger partial charge in [-0.05, 0) is 23.6 Å². The highest BCUT2D eigenvalue weighted by Crippen LogP contribution is 2.30. The second kappa shape index (κ2) is 3.10. The van der Waals surface area contributed by atoms with Crippen molar-refractivity contribution in [1.29, 1.82) is 0 Å². The molecule has 0 spiro atoms. The second-order valence-electron chi connectivity index (χ2n) is 3.13. The molecule has 2 aromatic rings. The predicted molar refractivity (Wildman–Crippen MR) is 56.6 cm³/mol. The lowest BCUT2D eigenvalue weighted by atomic mass is 10.1. The topological polar surface area (TPSA) is 55.5 Å². The lowest BCUT2D eigenvalue weighted by molar-refractivity contribution is 0.419. The molecule has 0 saturated carbocycles. The van der Waals surface area contributed by atoms with E-state index in [4.69, 9.17) is 10.5 Å². The second-order valence-corrected chi connectivity index (χ2v) is 3.13. The van der Waals surface area contributed by atoms with Gasteiger partial charge in [0.2, 0.25) is 0 Å². The summed E-state index contributed by atoms with van der Waals surface area (Å²) in [6.45, 7) is 0. The Hall–Kier alpha value is -1.90. The number of phenols is 1. The Bertz CT molecular complexity index is 480. The van der Waals surface area contributed by atoms with Crippen LogP contribution in [0.1, 0.15) is 0 Å². The average Bonchev–Trinajstić information content (AvgIpc) is 2.17. The Morgan fingerprint density at radius 3 is 2.71 bits per heavy atom. The number of benzene rings is 2. The molecule has 72 valence electrons. The number of phenolic OH excluding ortho intramolecular Hbond substituents is 1. The minimum atomic E-state index is 0.223. The third-order valence-corrected chi connectivity index (χ3v) is 2.14. The van der Waals surface area contributed by atoms with Crippen LogP contribution in [0.25, 0.3) is 10.8 Å². The van der Waals surface area contributed by atoms with E-state index < -0.39 is 0 Å². The third kappa shape index (κ3) is 1.33. The normalized spacial score (nSPS) is 10.4. The number of rotatable bonds is 1. The zero-order valence-electron chi connectivity index (χ0n) is 7.82. The first kappa shape index (κ1) is 8.69. The van der Waals surface area contributed by atoms with Crippen molar-refractivity contribution in [3.05, 3.63) is 30.3 Å². The number of nitrogen functional groups attached to an aromatic ring is 1. The molecule has 0 saturated heterocycles. The molecule has 2 aromatic carbocycles. The van der Waals surface area contributed by atoms with Crippen LogP contribution in [0.3, 0.4) is 0 Å². The van der Waals surface area contributed by atoms with Crippen LogP contribution >= 0.6 is 0 Å². The molecular formula is C11H11NO2. The molecule has 3 nitrogen and oxygen atoms in total. The molecular weight excluding hydrogens is 178 g/mol. The minimum Gasteiger partial charge on any atom is -0.508 e. The van der Waals surface area contributed by atoms with E-state index >= 15 is 0 Å². The van der Waals surface area contributed by atoms with Crippen LogP contribution in [0.2, 0.25) is 0 Å². The van der Waals surface area contributed by atoms with Crippen LogP contribution in [0, 0.1) is 0 Å². The van der Waals surface area contributed by atoms with Gasteiger partial charge in [0.05, 0.1) is 7.11 Å². The largest absolute Gasteiger partial charge is 0.508 e. The van der Waals surface area contributed by atoms with Gasteiger partial charge >= 0.3 is 0 Å². The van der Waals surface area contributed by atoms with E-state index in [9.17, 15) is 5.11 Å². The van der Waals surface area contributed by atoms with Gasteiger partial charge in [-0.15, -0.1) is 0 Å². The van der Waals surface area contributed by atoms with Crippen molar-refractivity contribution in [1.82, 2.24) is 0 Å². The minimum absolute atomic E-state index is 0.223.